The molecule has 0 aromatic carbocycles. The Labute approximate surface area is 112 Å². The zero-order chi connectivity index (χ0) is 14.1. The molecule has 0 bridgehead atoms. The number of Topliss-reactive ketones (excluding diaryl/α,β-unsaturated/α-hetero) is 1. The first-order chi connectivity index (χ1) is 9.66. The number of fused-ring (bicyclic) bond motifs is 1. The molecule has 7 heteroatoms. The van der Waals surface area contributed by atoms with E-state index in [2.05, 4.69) is 15.3 Å². The number of furan rings is 1. The molecule has 1 aliphatic carbocycles. The summed E-state index contributed by atoms with van der Waals surface area (Å²) in [6.07, 6.45) is 4.99. The van der Waals surface area contributed by atoms with E-state index in [4.69, 9.17) is 4.42 Å². The molecule has 0 unspecified atom stereocenters. The van der Waals surface area contributed by atoms with Crippen LogP contribution in [0, 0.1) is 0 Å². The third kappa shape index (κ3) is 1.91. The highest BCUT2D eigenvalue weighted by Crippen LogP contribution is 2.16. The van der Waals surface area contributed by atoms with Crippen molar-refractivity contribution in [1.29, 1.82) is 0 Å². The molecule has 98 valence electrons. The van der Waals surface area contributed by atoms with E-state index in [1.807, 2.05) is 0 Å². The number of amides is 1. The van der Waals surface area contributed by atoms with Crippen LogP contribution < -0.4 is 5.32 Å². The topological polar surface area (TPSA) is 102 Å². The second kappa shape index (κ2) is 4.54. The Balaban J connectivity index is 1.91. The summed E-state index contributed by atoms with van der Waals surface area (Å²) in [5, 5.41) is 2.33. The second-order valence-corrected chi connectivity index (χ2v) is 3.94. The highest BCUT2D eigenvalue weighted by atomic mass is 16.3. The molecule has 1 aliphatic rings. The molecule has 20 heavy (non-hydrogen) atoms. The van der Waals surface area contributed by atoms with Crippen molar-refractivity contribution >= 4 is 17.5 Å². The van der Waals surface area contributed by atoms with Gasteiger partial charge in [-0.2, -0.15) is 0 Å². The maximum atomic E-state index is 12.1. The molecule has 1 amide bonds. The van der Waals surface area contributed by atoms with Crippen LogP contribution in [0.3, 0.4) is 0 Å². The summed E-state index contributed by atoms with van der Waals surface area (Å²) >= 11 is 0. The van der Waals surface area contributed by atoms with Crippen LogP contribution >= 0.6 is 0 Å². The van der Waals surface area contributed by atoms with Crippen molar-refractivity contribution in [3.63, 3.8) is 0 Å². The van der Waals surface area contributed by atoms with Gasteiger partial charge in [-0.1, -0.05) is 0 Å². The lowest BCUT2D eigenvalue weighted by Crippen LogP contribution is -2.32. The summed E-state index contributed by atoms with van der Waals surface area (Å²) < 4.78 is 4.90. The minimum atomic E-state index is -0.616. The number of nitrogens with one attached hydrogen (secondary N) is 1. The minimum Gasteiger partial charge on any atom is -0.459 e. The van der Waals surface area contributed by atoms with E-state index in [0.29, 0.717) is 0 Å². The lowest BCUT2D eigenvalue weighted by Gasteiger charge is -2.13. The molecule has 2 heterocycles. The Morgan fingerprint density at radius 2 is 1.90 bits per heavy atom. The quantitative estimate of drug-likeness (QED) is 0.863. The van der Waals surface area contributed by atoms with Crippen LogP contribution in [0.15, 0.2) is 47.0 Å². The molecule has 2 aromatic heterocycles. The largest absolute Gasteiger partial charge is 0.459 e. The highest BCUT2D eigenvalue weighted by molar-refractivity contribution is 6.23. The highest BCUT2D eigenvalue weighted by Gasteiger charge is 2.29. The molecule has 7 nitrogen and oxygen atoms in total. The predicted octanol–water partition coefficient (Wildman–Crippen LogP) is 0.763. The first kappa shape index (κ1) is 12.0. The number of hydrogen-bond acceptors (Lipinski definition) is 6. The molecular formula is C13H7N3O4. The standard InChI is InChI=1S/C13H7N3O4/c17-8-6-7(16-13(19)9-2-1-5-20-9)12(18)11-10(8)14-3-4-15-11/h1-6H,(H,16,19). The van der Waals surface area contributed by atoms with Gasteiger partial charge in [0.15, 0.2) is 5.76 Å². The van der Waals surface area contributed by atoms with Gasteiger partial charge in [0, 0.05) is 18.5 Å². The zero-order valence-electron chi connectivity index (χ0n) is 9.99. The maximum Gasteiger partial charge on any atom is 0.291 e. The Bertz CT molecular complexity index is 747. The second-order valence-electron chi connectivity index (χ2n) is 3.94. The normalized spacial score (nSPS) is 13.7. The molecule has 0 fully saturated rings. The van der Waals surface area contributed by atoms with Gasteiger partial charge in [-0.3, -0.25) is 14.4 Å². The number of rotatable bonds is 2. The Kier molecular flexibility index (Phi) is 2.72. The van der Waals surface area contributed by atoms with Crippen LogP contribution in [-0.2, 0) is 0 Å². The van der Waals surface area contributed by atoms with Gasteiger partial charge in [-0.15, -0.1) is 0 Å². The fourth-order valence-electron chi connectivity index (χ4n) is 1.76. The predicted molar refractivity (Wildman–Crippen MR) is 65.0 cm³/mol. The van der Waals surface area contributed by atoms with E-state index in [1.165, 1.54) is 30.8 Å². The summed E-state index contributed by atoms with van der Waals surface area (Å²) in [6, 6.07) is 2.98. The van der Waals surface area contributed by atoms with Crippen LogP contribution in [0.1, 0.15) is 31.5 Å². The Morgan fingerprint density at radius 3 is 2.60 bits per heavy atom. The molecule has 0 saturated carbocycles. The smallest absolute Gasteiger partial charge is 0.291 e. The van der Waals surface area contributed by atoms with Crippen LogP contribution in [0.4, 0.5) is 0 Å². The number of ketones is 2. The summed E-state index contributed by atoms with van der Waals surface area (Å²) in [5.74, 6) is -1.62. The molecule has 2 aromatic rings. The molecule has 0 atom stereocenters. The fourth-order valence-corrected chi connectivity index (χ4v) is 1.76. The van der Waals surface area contributed by atoms with Crippen molar-refractivity contribution in [2.45, 2.75) is 0 Å². The van der Waals surface area contributed by atoms with Gasteiger partial charge in [0.25, 0.3) is 5.91 Å². The van der Waals surface area contributed by atoms with Gasteiger partial charge in [0.1, 0.15) is 11.4 Å². The van der Waals surface area contributed by atoms with Gasteiger partial charge in [0.2, 0.25) is 11.6 Å². The number of allylic oxidation sites excluding steroid dienone is 2. The first-order valence-electron chi connectivity index (χ1n) is 5.63. The number of carbonyl (C=O) groups excluding carboxylic acids is 3. The number of nitrogens with zero attached hydrogens (tertiary/aromatic N) is 2. The zero-order valence-corrected chi connectivity index (χ0v) is 9.99. The van der Waals surface area contributed by atoms with E-state index in [-0.39, 0.29) is 22.8 Å². The van der Waals surface area contributed by atoms with Crippen molar-refractivity contribution in [3.8, 4) is 0 Å². The molecule has 0 radical (unpaired) electrons. The summed E-state index contributed by atoms with van der Waals surface area (Å²) in [7, 11) is 0. The minimum absolute atomic E-state index is 0.0199. The summed E-state index contributed by atoms with van der Waals surface area (Å²) in [6.45, 7) is 0. The molecular weight excluding hydrogens is 262 g/mol. The van der Waals surface area contributed by atoms with Crippen molar-refractivity contribution < 1.29 is 18.8 Å². The lowest BCUT2D eigenvalue weighted by molar-refractivity contribution is 0.0903. The van der Waals surface area contributed by atoms with E-state index in [9.17, 15) is 14.4 Å². The van der Waals surface area contributed by atoms with Gasteiger partial charge < -0.3 is 9.73 Å². The molecule has 0 spiro atoms. The molecule has 3 rings (SSSR count). The fraction of sp³-hybridized carbons (Fsp3) is 0. The monoisotopic (exact) mass is 269 g/mol. The lowest BCUT2D eigenvalue weighted by atomic mass is 10.0. The summed E-state index contributed by atoms with van der Waals surface area (Å²) in [5.41, 5.74) is -0.243. The van der Waals surface area contributed by atoms with Crippen LogP contribution in [0.25, 0.3) is 0 Å². The van der Waals surface area contributed by atoms with E-state index >= 15 is 0 Å². The average Bonchev–Trinajstić information content (AvgIpc) is 2.99. The SMILES string of the molecule is O=C(NC1=CC(=O)c2nccnc2C1=O)c1ccco1. The van der Waals surface area contributed by atoms with Crippen molar-refractivity contribution in [3.05, 3.63) is 59.7 Å². The number of aromatic nitrogens is 2. The van der Waals surface area contributed by atoms with Gasteiger partial charge in [0.05, 0.1) is 12.0 Å². The average molecular weight is 269 g/mol. The third-order valence-electron chi connectivity index (χ3n) is 2.66. The first-order valence-corrected chi connectivity index (χ1v) is 5.63. The maximum absolute atomic E-state index is 12.1. The molecule has 0 saturated heterocycles. The number of hydrogen-bond donors (Lipinski definition) is 1. The third-order valence-corrected chi connectivity index (χ3v) is 2.66. The number of carbonyl (C=O) groups is 3. The summed E-state index contributed by atoms with van der Waals surface area (Å²) in [4.78, 5) is 43.3. The van der Waals surface area contributed by atoms with Gasteiger partial charge in [-0.05, 0) is 12.1 Å². The van der Waals surface area contributed by atoms with Crippen molar-refractivity contribution in [1.82, 2.24) is 15.3 Å². The Morgan fingerprint density at radius 1 is 1.15 bits per heavy atom. The van der Waals surface area contributed by atoms with Crippen molar-refractivity contribution in [2.24, 2.45) is 0 Å². The van der Waals surface area contributed by atoms with Crippen LogP contribution in [0.5, 0.6) is 0 Å². The van der Waals surface area contributed by atoms with Gasteiger partial charge in [-0.25, -0.2) is 9.97 Å². The molecule has 0 aliphatic heterocycles. The van der Waals surface area contributed by atoms with E-state index in [1.54, 1.807) is 0 Å². The van der Waals surface area contributed by atoms with Crippen molar-refractivity contribution in [2.75, 3.05) is 0 Å². The van der Waals surface area contributed by atoms with E-state index < -0.39 is 17.5 Å². The molecule has 1 N–H and O–H groups in total. The van der Waals surface area contributed by atoms with E-state index in [0.717, 1.165) is 6.08 Å². The van der Waals surface area contributed by atoms with Crippen LogP contribution in [0.2, 0.25) is 0 Å². The Hall–Kier alpha value is -3.09. The van der Waals surface area contributed by atoms with Crippen LogP contribution in [-0.4, -0.2) is 27.4 Å². The van der Waals surface area contributed by atoms with Gasteiger partial charge >= 0.3 is 0 Å².